The number of nitrogens with zero attached hydrogens (tertiary/aromatic N) is 2. The Labute approximate surface area is 114 Å². The number of ether oxygens (including phenoxy) is 1. The molecule has 0 aliphatic carbocycles. The number of hydrogen-bond donors (Lipinski definition) is 2. The summed E-state index contributed by atoms with van der Waals surface area (Å²) < 4.78 is 10.3. The Morgan fingerprint density at radius 1 is 1.40 bits per heavy atom. The van der Waals surface area contributed by atoms with Gasteiger partial charge >= 0.3 is 6.03 Å². The monoisotopic (exact) mass is 276 g/mol. The molecule has 1 heterocycles. The lowest BCUT2D eigenvalue weighted by atomic mass is 10.2. The maximum absolute atomic E-state index is 11.4. The molecule has 0 bridgehead atoms. The van der Waals surface area contributed by atoms with E-state index in [1.54, 1.807) is 24.3 Å². The van der Waals surface area contributed by atoms with Crippen LogP contribution in [0.25, 0.3) is 11.5 Å². The van der Waals surface area contributed by atoms with Crippen molar-refractivity contribution in [1.82, 2.24) is 20.8 Å². The number of urea groups is 1. The fourth-order valence-electron chi connectivity index (χ4n) is 1.39. The number of benzene rings is 1. The van der Waals surface area contributed by atoms with Crippen molar-refractivity contribution < 1.29 is 18.7 Å². The molecule has 0 fully saturated rings. The van der Waals surface area contributed by atoms with Crippen molar-refractivity contribution >= 4 is 11.9 Å². The molecule has 2 N–H and O–H groups in total. The lowest BCUT2D eigenvalue weighted by Crippen LogP contribution is -2.39. The number of amides is 3. The van der Waals surface area contributed by atoms with Gasteiger partial charge in [-0.1, -0.05) is 6.07 Å². The normalized spacial score (nSPS) is 9.85. The van der Waals surface area contributed by atoms with Crippen LogP contribution in [0.1, 0.15) is 0 Å². The summed E-state index contributed by atoms with van der Waals surface area (Å²) in [6, 6.07) is 6.24. The lowest BCUT2D eigenvalue weighted by Gasteiger charge is -2.07. The van der Waals surface area contributed by atoms with Crippen LogP contribution in [0, 0.1) is 0 Å². The molecule has 8 nitrogen and oxygen atoms in total. The van der Waals surface area contributed by atoms with Crippen LogP contribution in [0.3, 0.4) is 0 Å². The molecule has 0 radical (unpaired) electrons. The molecule has 1 aromatic heterocycles. The van der Waals surface area contributed by atoms with Crippen LogP contribution in [0.15, 0.2) is 35.1 Å². The minimum atomic E-state index is -0.585. The highest BCUT2D eigenvalue weighted by Crippen LogP contribution is 2.21. The molecule has 104 valence electrons. The number of carbonyl (C=O) groups is 2. The minimum absolute atomic E-state index is 0.277. The van der Waals surface area contributed by atoms with Gasteiger partial charge in [0.05, 0.1) is 0 Å². The van der Waals surface area contributed by atoms with E-state index in [1.807, 2.05) is 0 Å². The molecule has 0 aliphatic heterocycles. The van der Waals surface area contributed by atoms with E-state index in [0.717, 1.165) is 0 Å². The second-order valence-electron chi connectivity index (χ2n) is 3.69. The third kappa shape index (κ3) is 3.55. The Bertz CT molecular complexity index is 597. The fraction of sp³-hybridized carbons (Fsp3) is 0.167. The first-order chi connectivity index (χ1) is 9.69. The molecular weight excluding hydrogens is 264 g/mol. The number of nitrogens with one attached hydrogen (secondary N) is 2. The zero-order valence-electron chi connectivity index (χ0n) is 10.6. The van der Waals surface area contributed by atoms with Gasteiger partial charge in [0.25, 0.3) is 5.91 Å². The third-order valence-corrected chi connectivity index (χ3v) is 2.29. The Hall–Kier alpha value is -2.90. The van der Waals surface area contributed by atoms with Crippen LogP contribution in [-0.4, -0.2) is 35.8 Å². The number of aromatic nitrogens is 2. The van der Waals surface area contributed by atoms with Gasteiger partial charge in [-0.2, -0.15) is 0 Å². The topological polar surface area (TPSA) is 106 Å². The van der Waals surface area contributed by atoms with E-state index in [1.165, 1.54) is 13.4 Å². The Morgan fingerprint density at radius 2 is 2.25 bits per heavy atom. The second-order valence-corrected chi connectivity index (χ2v) is 3.69. The molecule has 3 amide bonds. The largest absolute Gasteiger partial charge is 0.484 e. The van der Waals surface area contributed by atoms with Gasteiger partial charge in [-0.05, 0) is 18.2 Å². The van der Waals surface area contributed by atoms with Crippen LogP contribution < -0.4 is 15.4 Å². The van der Waals surface area contributed by atoms with Crippen LogP contribution in [0.2, 0.25) is 0 Å². The van der Waals surface area contributed by atoms with Crippen molar-refractivity contribution in [2.24, 2.45) is 0 Å². The van der Waals surface area contributed by atoms with Crippen LogP contribution in [0.5, 0.6) is 5.75 Å². The molecule has 1 aromatic carbocycles. The van der Waals surface area contributed by atoms with Gasteiger partial charge in [-0.15, -0.1) is 10.2 Å². The molecule has 0 saturated heterocycles. The molecule has 0 saturated carbocycles. The molecule has 2 rings (SSSR count). The first kappa shape index (κ1) is 13.5. The van der Waals surface area contributed by atoms with Gasteiger partial charge in [0, 0.05) is 12.6 Å². The number of rotatable bonds is 4. The van der Waals surface area contributed by atoms with Crippen LogP contribution in [0.4, 0.5) is 4.79 Å². The standard InChI is InChI=1S/C12H12N4O4/c1-13-12(18)15-10(17)6-19-9-4-2-3-8(5-9)11-16-14-7-20-11/h2-5,7H,6H2,1H3,(H2,13,15,17,18). The van der Waals surface area contributed by atoms with Gasteiger partial charge in [-0.25, -0.2) is 4.79 Å². The summed E-state index contributed by atoms with van der Waals surface area (Å²) in [5.74, 6) is 0.255. The van der Waals surface area contributed by atoms with Crippen molar-refractivity contribution in [2.75, 3.05) is 13.7 Å². The summed E-state index contributed by atoms with van der Waals surface area (Å²) in [6.07, 6.45) is 1.22. The summed E-state index contributed by atoms with van der Waals surface area (Å²) in [5, 5.41) is 11.7. The Kier molecular flexibility index (Phi) is 4.28. The average Bonchev–Trinajstić information content (AvgIpc) is 2.99. The number of imide groups is 1. The molecular formula is C12H12N4O4. The van der Waals surface area contributed by atoms with E-state index in [0.29, 0.717) is 17.2 Å². The van der Waals surface area contributed by atoms with E-state index in [2.05, 4.69) is 20.8 Å². The molecule has 0 aliphatic rings. The van der Waals surface area contributed by atoms with Crippen molar-refractivity contribution in [3.63, 3.8) is 0 Å². The van der Waals surface area contributed by atoms with E-state index in [4.69, 9.17) is 9.15 Å². The summed E-state index contributed by atoms with van der Waals surface area (Å²) in [6.45, 7) is -0.277. The lowest BCUT2D eigenvalue weighted by molar-refractivity contribution is -0.122. The van der Waals surface area contributed by atoms with E-state index < -0.39 is 11.9 Å². The predicted molar refractivity (Wildman–Crippen MR) is 67.8 cm³/mol. The van der Waals surface area contributed by atoms with Crippen molar-refractivity contribution in [3.05, 3.63) is 30.7 Å². The number of hydrogen-bond acceptors (Lipinski definition) is 6. The maximum atomic E-state index is 11.4. The van der Waals surface area contributed by atoms with Gasteiger partial charge in [0.1, 0.15) is 5.75 Å². The predicted octanol–water partition coefficient (Wildman–Crippen LogP) is 0.571. The van der Waals surface area contributed by atoms with Crippen molar-refractivity contribution in [1.29, 1.82) is 0 Å². The first-order valence-corrected chi connectivity index (χ1v) is 5.70. The molecule has 0 unspecified atom stereocenters. The van der Waals surface area contributed by atoms with Crippen molar-refractivity contribution in [2.45, 2.75) is 0 Å². The summed E-state index contributed by atoms with van der Waals surface area (Å²) in [4.78, 5) is 22.3. The number of carbonyl (C=O) groups excluding carboxylic acids is 2. The molecule has 0 atom stereocenters. The quantitative estimate of drug-likeness (QED) is 0.845. The Balaban J connectivity index is 1.95. The highest BCUT2D eigenvalue weighted by atomic mass is 16.5. The highest BCUT2D eigenvalue weighted by molar-refractivity contribution is 5.94. The zero-order valence-corrected chi connectivity index (χ0v) is 10.6. The smallest absolute Gasteiger partial charge is 0.321 e. The first-order valence-electron chi connectivity index (χ1n) is 5.70. The van der Waals surface area contributed by atoms with E-state index in [-0.39, 0.29) is 6.61 Å². The summed E-state index contributed by atoms with van der Waals surface area (Å²) in [7, 11) is 1.41. The highest BCUT2D eigenvalue weighted by Gasteiger charge is 2.08. The minimum Gasteiger partial charge on any atom is -0.484 e. The molecule has 8 heteroatoms. The third-order valence-electron chi connectivity index (χ3n) is 2.29. The van der Waals surface area contributed by atoms with Gasteiger partial charge in [-0.3, -0.25) is 10.1 Å². The maximum Gasteiger partial charge on any atom is 0.321 e. The van der Waals surface area contributed by atoms with Gasteiger partial charge in [0.2, 0.25) is 12.3 Å². The van der Waals surface area contributed by atoms with Crippen LogP contribution >= 0.6 is 0 Å². The fourth-order valence-corrected chi connectivity index (χ4v) is 1.39. The molecule has 20 heavy (non-hydrogen) atoms. The Morgan fingerprint density at radius 3 is 2.95 bits per heavy atom. The van der Waals surface area contributed by atoms with Gasteiger partial charge in [0.15, 0.2) is 6.61 Å². The summed E-state index contributed by atoms with van der Waals surface area (Å²) in [5.41, 5.74) is 0.673. The molecule has 2 aromatic rings. The van der Waals surface area contributed by atoms with Crippen molar-refractivity contribution in [3.8, 4) is 17.2 Å². The van der Waals surface area contributed by atoms with Crippen LogP contribution in [-0.2, 0) is 4.79 Å². The average molecular weight is 276 g/mol. The SMILES string of the molecule is CNC(=O)NC(=O)COc1cccc(-c2nnco2)c1. The summed E-state index contributed by atoms with van der Waals surface area (Å²) >= 11 is 0. The van der Waals surface area contributed by atoms with Gasteiger partial charge < -0.3 is 14.5 Å². The van der Waals surface area contributed by atoms with E-state index in [9.17, 15) is 9.59 Å². The molecule has 0 spiro atoms. The zero-order chi connectivity index (χ0) is 14.4. The van der Waals surface area contributed by atoms with E-state index >= 15 is 0 Å². The second kappa shape index (κ2) is 6.32.